The standard InChI is InChI=1S/C20H25NO4/c1-7-21(16-10-13(2)8-9-14(16)3)20(22)15-11-17(23-4)19(25-6)18(12-15)24-5/h8-12H,7H2,1-6H3. The van der Waals surface area contributed by atoms with E-state index >= 15 is 0 Å². The van der Waals surface area contributed by atoms with Crippen LogP contribution in [0.2, 0.25) is 0 Å². The van der Waals surface area contributed by atoms with E-state index in [2.05, 4.69) is 0 Å². The molecule has 2 aromatic carbocycles. The molecule has 0 N–H and O–H groups in total. The molecule has 2 aromatic rings. The van der Waals surface area contributed by atoms with Crippen molar-refractivity contribution in [1.82, 2.24) is 0 Å². The highest BCUT2D eigenvalue weighted by Crippen LogP contribution is 2.38. The van der Waals surface area contributed by atoms with Crippen LogP contribution in [0.25, 0.3) is 0 Å². The Balaban J connectivity index is 2.52. The van der Waals surface area contributed by atoms with Gasteiger partial charge in [0.1, 0.15) is 0 Å². The minimum atomic E-state index is -0.115. The first-order valence-corrected chi connectivity index (χ1v) is 8.15. The Morgan fingerprint density at radius 3 is 2.04 bits per heavy atom. The molecule has 0 fully saturated rings. The number of nitrogens with zero attached hydrogens (tertiary/aromatic N) is 1. The van der Waals surface area contributed by atoms with Crippen molar-refractivity contribution in [3.63, 3.8) is 0 Å². The van der Waals surface area contributed by atoms with Crippen LogP contribution in [0.3, 0.4) is 0 Å². The third kappa shape index (κ3) is 3.71. The van der Waals surface area contributed by atoms with Crippen molar-refractivity contribution in [2.45, 2.75) is 20.8 Å². The van der Waals surface area contributed by atoms with E-state index in [4.69, 9.17) is 14.2 Å². The number of ether oxygens (including phenoxy) is 3. The average Bonchev–Trinajstić information content (AvgIpc) is 2.63. The lowest BCUT2D eigenvalue weighted by molar-refractivity contribution is 0.0987. The second kappa shape index (κ2) is 7.92. The van der Waals surface area contributed by atoms with Crippen LogP contribution < -0.4 is 19.1 Å². The van der Waals surface area contributed by atoms with Crippen LogP contribution in [0.4, 0.5) is 5.69 Å². The molecule has 0 aliphatic carbocycles. The zero-order chi connectivity index (χ0) is 18.6. The predicted molar refractivity (Wildman–Crippen MR) is 99.4 cm³/mol. The summed E-state index contributed by atoms with van der Waals surface area (Å²) in [7, 11) is 4.61. The van der Waals surface area contributed by atoms with Gasteiger partial charge in [-0.25, -0.2) is 0 Å². The maximum absolute atomic E-state index is 13.1. The van der Waals surface area contributed by atoms with Gasteiger partial charge in [0, 0.05) is 17.8 Å². The zero-order valence-corrected chi connectivity index (χ0v) is 15.7. The molecule has 0 aromatic heterocycles. The minimum Gasteiger partial charge on any atom is -0.493 e. The molecule has 0 atom stereocenters. The number of carbonyl (C=O) groups is 1. The molecule has 0 heterocycles. The maximum Gasteiger partial charge on any atom is 0.258 e. The summed E-state index contributed by atoms with van der Waals surface area (Å²) in [6.45, 7) is 6.53. The van der Waals surface area contributed by atoms with Crippen molar-refractivity contribution >= 4 is 11.6 Å². The molecular formula is C20H25NO4. The predicted octanol–water partition coefficient (Wildman–Crippen LogP) is 4.00. The summed E-state index contributed by atoms with van der Waals surface area (Å²) >= 11 is 0. The highest BCUT2D eigenvalue weighted by Gasteiger charge is 2.22. The topological polar surface area (TPSA) is 48.0 Å². The van der Waals surface area contributed by atoms with Gasteiger partial charge in [0.2, 0.25) is 5.75 Å². The number of rotatable bonds is 6. The molecule has 0 saturated heterocycles. The molecule has 0 spiro atoms. The summed E-state index contributed by atoms with van der Waals surface area (Å²) in [5.41, 5.74) is 3.54. The molecule has 1 amide bonds. The third-order valence-corrected chi connectivity index (χ3v) is 4.13. The number of benzene rings is 2. The summed E-state index contributed by atoms with van der Waals surface area (Å²) < 4.78 is 16.0. The van der Waals surface area contributed by atoms with Crippen LogP contribution in [-0.4, -0.2) is 33.8 Å². The van der Waals surface area contributed by atoms with Crippen molar-refractivity contribution in [2.75, 3.05) is 32.8 Å². The van der Waals surface area contributed by atoms with Gasteiger partial charge in [-0.15, -0.1) is 0 Å². The van der Waals surface area contributed by atoms with Crippen LogP contribution in [0.1, 0.15) is 28.4 Å². The van der Waals surface area contributed by atoms with E-state index in [-0.39, 0.29) is 5.91 Å². The van der Waals surface area contributed by atoms with Crippen LogP contribution >= 0.6 is 0 Å². The van der Waals surface area contributed by atoms with E-state index in [1.54, 1.807) is 17.0 Å². The van der Waals surface area contributed by atoms with Crippen molar-refractivity contribution in [1.29, 1.82) is 0 Å². The summed E-state index contributed by atoms with van der Waals surface area (Å²) in [5, 5.41) is 0. The largest absolute Gasteiger partial charge is 0.493 e. The fourth-order valence-electron chi connectivity index (χ4n) is 2.79. The number of carbonyl (C=O) groups excluding carboxylic acids is 1. The summed E-state index contributed by atoms with van der Waals surface area (Å²) in [5.74, 6) is 1.27. The number of hydrogen-bond acceptors (Lipinski definition) is 4. The van der Waals surface area contributed by atoms with Crippen LogP contribution in [0.15, 0.2) is 30.3 Å². The molecule has 134 valence electrons. The maximum atomic E-state index is 13.1. The first-order valence-electron chi connectivity index (χ1n) is 8.15. The first kappa shape index (κ1) is 18.6. The van der Waals surface area contributed by atoms with Gasteiger partial charge < -0.3 is 19.1 Å². The molecule has 0 aliphatic heterocycles. The molecule has 5 nitrogen and oxygen atoms in total. The number of amides is 1. The van der Waals surface area contributed by atoms with E-state index in [1.807, 2.05) is 39.0 Å². The second-order valence-electron chi connectivity index (χ2n) is 5.75. The molecule has 0 bridgehead atoms. The van der Waals surface area contributed by atoms with E-state index in [9.17, 15) is 4.79 Å². The van der Waals surface area contributed by atoms with Gasteiger partial charge in [-0.05, 0) is 50.1 Å². The van der Waals surface area contributed by atoms with Gasteiger partial charge in [-0.2, -0.15) is 0 Å². The van der Waals surface area contributed by atoms with E-state index in [0.717, 1.165) is 16.8 Å². The lowest BCUT2D eigenvalue weighted by Gasteiger charge is -2.24. The Morgan fingerprint density at radius 1 is 0.960 bits per heavy atom. The highest BCUT2D eigenvalue weighted by atomic mass is 16.5. The Bertz CT molecular complexity index is 745. The summed E-state index contributed by atoms with van der Waals surface area (Å²) in [6.07, 6.45) is 0. The van der Waals surface area contributed by atoms with E-state index in [0.29, 0.717) is 29.4 Å². The lowest BCUT2D eigenvalue weighted by Crippen LogP contribution is -2.31. The molecular weight excluding hydrogens is 318 g/mol. The Kier molecular flexibility index (Phi) is 5.91. The van der Waals surface area contributed by atoms with Crippen LogP contribution in [0, 0.1) is 13.8 Å². The van der Waals surface area contributed by atoms with E-state index in [1.165, 1.54) is 21.3 Å². The van der Waals surface area contributed by atoms with Gasteiger partial charge in [0.15, 0.2) is 11.5 Å². The number of methoxy groups -OCH3 is 3. The van der Waals surface area contributed by atoms with Crippen molar-refractivity contribution in [3.05, 3.63) is 47.0 Å². The van der Waals surface area contributed by atoms with Crippen molar-refractivity contribution < 1.29 is 19.0 Å². The summed E-state index contributed by atoms with van der Waals surface area (Å²) in [4.78, 5) is 14.9. The zero-order valence-electron chi connectivity index (χ0n) is 15.7. The summed E-state index contributed by atoms with van der Waals surface area (Å²) in [6, 6.07) is 9.44. The molecule has 0 radical (unpaired) electrons. The van der Waals surface area contributed by atoms with Crippen LogP contribution in [0.5, 0.6) is 17.2 Å². The SMILES string of the molecule is CCN(C(=O)c1cc(OC)c(OC)c(OC)c1)c1cc(C)ccc1C. The van der Waals surface area contributed by atoms with Gasteiger partial charge >= 0.3 is 0 Å². The molecule has 0 aliphatic rings. The first-order chi connectivity index (χ1) is 12.0. The Morgan fingerprint density at radius 2 is 1.56 bits per heavy atom. The molecule has 2 rings (SSSR count). The lowest BCUT2D eigenvalue weighted by atomic mass is 10.1. The van der Waals surface area contributed by atoms with Crippen molar-refractivity contribution in [2.24, 2.45) is 0 Å². The van der Waals surface area contributed by atoms with Crippen molar-refractivity contribution in [3.8, 4) is 17.2 Å². The van der Waals surface area contributed by atoms with Gasteiger partial charge in [0.05, 0.1) is 21.3 Å². The normalized spacial score (nSPS) is 10.3. The smallest absolute Gasteiger partial charge is 0.258 e. The Labute approximate surface area is 149 Å². The number of anilines is 1. The van der Waals surface area contributed by atoms with E-state index < -0.39 is 0 Å². The fraction of sp³-hybridized carbons (Fsp3) is 0.350. The fourth-order valence-corrected chi connectivity index (χ4v) is 2.79. The van der Waals surface area contributed by atoms with Gasteiger partial charge in [0.25, 0.3) is 5.91 Å². The highest BCUT2D eigenvalue weighted by molar-refractivity contribution is 6.07. The average molecular weight is 343 g/mol. The van der Waals surface area contributed by atoms with Crippen LogP contribution in [-0.2, 0) is 0 Å². The second-order valence-corrected chi connectivity index (χ2v) is 5.75. The third-order valence-electron chi connectivity index (χ3n) is 4.13. The minimum absolute atomic E-state index is 0.115. The quantitative estimate of drug-likeness (QED) is 0.795. The molecule has 25 heavy (non-hydrogen) atoms. The Hall–Kier alpha value is -2.69. The van der Waals surface area contributed by atoms with Gasteiger partial charge in [-0.1, -0.05) is 12.1 Å². The van der Waals surface area contributed by atoms with Gasteiger partial charge in [-0.3, -0.25) is 4.79 Å². The molecule has 5 heteroatoms. The number of hydrogen-bond donors (Lipinski definition) is 0. The molecule has 0 unspecified atom stereocenters. The number of aryl methyl sites for hydroxylation is 2. The monoisotopic (exact) mass is 343 g/mol. The molecule has 0 saturated carbocycles.